The van der Waals surface area contributed by atoms with E-state index < -0.39 is 15.8 Å². The van der Waals surface area contributed by atoms with E-state index in [1.165, 1.54) is 6.07 Å². The number of rotatable bonds is 8. The average Bonchev–Trinajstić information content (AvgIpc) is 3.27. The van der Waals surface area contributed by atoms with Crippen molar-refractivity contribution in [3.8, 4) is 0 Å². The first-order chi connectivity index (χ1) is 9.96. The van der Waals surface area contributed by atoms with Crippen molar-refractivity contribution in [2.45, 2.75) is 63.1 Å². The zero-order chi connectivity index (χ0) is 15.5. The monoisotopic (exact) mass is 314 g/mol. The van der Waals surface area contributed by atoms with E-state index in [4.69, 9.17) is 0 Å². The summed E-state index contributed by atoms with van der Waals surface area (Å²) in [5.74, 6) is -0.532. The van der Waals surface area contributed by atoms with E-state index in [9.17, 15) is 12.8 Å². The Hall–Kier alpha value is -0.980. The molecule has 0 spiro atoms. The van der Waals surface area contributed by atoms with Crippen LogP contribution in [0.5, 0.6) is 0 Å². The summed E-state index contributed by atoms with van der Waals surface area (Å²) in [6.07, 6.45) is 3.66. The molecular weight excluding hydrogens is 291 g/mol. The van der Waals surface area contributed by atoms with Crippen LogP contribution in [-0.4, -0.2) is 20.5 Å². The molecular formula is C15H23FN2O2S. The lowest BCUT2D eigenvalue weighted by Gasteiger charge is -2.17. The highest BCUT2D eigenvalue weighted by atomic mass is 32.2. The average molecular weight is 314 g/mol. The van der Waals surface area contributed by atoms with Crippen molar-refractivity contribution >= 4 is 10.0 Å². The maximum atomic E-state index is 13.5. The van der Waals surface area contributed by atoms with Crippen LogP contribution >= 0.6 is 0 Å². The predicted molar refractivity (Wildman–Crippen MR) is 81.0 cm³/mol. The van der Waals surface area contributed by atoms with Gasteiger partial charge < -0.3 is 5.32 Å². The second-order valence-corrected chi connectivity index (χ2v) is 7.22. The van der Waals surface area contributed by atoms with Crippen LogP contribution in [0.1, 0.15) is 45.1 Å². The van der Waals surface area contributed by atoms with Gasteiger partial charge in [0.15, 0.2) is 0 Å². The van der Waals surface area contributed by atoms with Crippen LogP contribution in [0.2, 0.25) is 0 Å². The molecule has 1 aliphatic rings. The molecule has 1 aromatic carbocycles. The molecule has 118 valence electrons. The third-order valence-corrected chi connectivity index (χ3v) is 5.39. The smallest absolute Gasteiger partial charge is 0.241 e. The van der Waals surface area contributed by atoms with Gasteiger partial charge in [-0.25, -0.2) is 17.5 Å². The van der Waals surface area contributed by atoms with Gasteiger partial charge >= 0.3 is 0 Å². The third-order valence-electron chi connectivity index (χ3n) is 3.78. The minimum atomic E-state index is -3.69. The van der Waals surface area contributed by atoms with E-state index in [0.717, 1.165) is 18.9 Å². The second kappa shape index (κ2) is 6.85. The van der Waals surface area contributed by atoms with Crippen LogP contribution in [-0.2, 0) is 16.6 Å². The fourth-order valence-electron chi connectivity index (χ4n) is 2.20. The van der Waals surface area contributed by atoms with E-state index in [1.54, 1.807) is 6.07 Å². The molecule has 0 bridgehead atoms. The first-order valence-electron chi connectivity index (χ1n) is 7.50. The fourth-order valence-corrected chi connectivity index (χ4v) is 3.86. The van der Waals surface area contributed by atoms with Gasteiger partial charge in [-0.05, 0) is 43.4 Å². The van der Waals surface area contributed by atoms with E-state index in [-0.39, 0.29) is 10.9 Å². The highest BCUT2D eigenvalue weighted by molar-refractivity contribution is 7.89. The highest BCUT2D eigenvalue weighted by Crippen LogP contribution is 2.22. The minimum Gasteiger partial charge on any atom is -0.310 e. The Bertz CT molecular complexity index is 581. The van der Waals surface area contributed by atoms with Crippen LogP contribution in [0.25, 0.3) is 0 Å². The molecule has 0 aromatic heterocycles. The molecule has 1 saturated carbocycles. The van der Waals surface area contributed by atoms with E-state index in [1.807, 2.05) is 13.8 Å². The Morgan fingerprint density at radius 1 is 1.29 bits per heavy atom. The Morgan fingerprint density at radius 3 is 2.52 bits per heavy atom. The lowest BCUT2D eigenvalue weighted by Crippen LogP contribution is -2.34. The fraction of sp³-hybridized carbons (Fsp3) is 0.600. The summed E-state index contributed by atoms with van der Waals surface area (Å²) in [6.45, 7) is 4.31. The Kier molecular flexibility index (Phi) is 5.35. The summed E-state index contributed by atoms with van der Waals surface area (Å²) in [5.41, 5.74) is 0.613. The first-order valence-corrected chi connectivity index (χ1v) is 8.98. The lowest BCUT2D eigenvalue weighted by atomic mass is 10.2. The number of hydrogen-bond acceptors (Lipinski definition) is 3. The zero-order valence-electron chi connectivity index (χ0n) is 12.5. The molecule has 0 saturated heterocycles. The quantitative estimate of drug-likeness (QED) is 0.775. The van der Waals surface area contributed by atoms with Crippen molar-refractivity contribution in [2.24, 2.45) is 0 Å². The summed E-state index contributed by atoms with van der Waals surface area (Å²) in [5, 5.41) is 3.27. The lowest BCUT2D eigenvalue weighted by molar-refractivity contribution is 0.527. The number of sulfonamides is 1. The van der Waals surface area contributed by atoms with E-state index in [0.29, 0.717) is 31.0 Å². The molecule has 0 unspecified atom stereocenters. The van der Waals surface area contributed by atoms with E-state index in [2.05, 4.69) is 10.0 Å². The Morgan fingerprint density at radius 2 is 1.95 bits per heavy atom. The van der Waals surface area contributed by atoms with Crippen molar-refractivity contribution in [1.29, 1.82) is 0 Å². The molecule has 2 N–H and O–H groups in total. The number of halogens is 1. The highest BCUT2D eigenvalue weighted by Gasteiger charge is 2.24. The van der Waals surface area contributed by atoms with Gasteiger partial charge in [-0.3, -0.25) is 0 Å². The molecule has 21 heavy (non-hydrogen) atoms. The van der Waals surface area contributed by atoms with E-state index >= 15 is 0 Å². The largest absolute Gasteiger partial charge is 0.310 e. The van der Waals surface area contributed by atoms with Gasteiger partial charge in [0, 0.05) is 18.6 Å². The molecule has 0 heterocycles. The van der Waals surface area contributed by atoms with Crippen molar-refractivity contribution in [3.63, 3.8) is 0 Å². The molecule has 1 aliphatic carbocycles. The molecule has 2 rings (SSSR count). The second-order valence-electron chi connectivity index (χ2n) is 5.54. The molecule has 1 fully saturated rings. The molecule has 0 aliphatic heterocycles. The maximum absolute atomic E-state index is 13.5. The predicted octanol–water partition coefficient (Wildman–Crippen LogP) is 2.54. The van der Waals surface area contributed by atoms with Crippen molar-refractivity contribution < 1.29 is 12.8 Å². The van der Waals surface area contributed by atoms with Crippen molar-refractivity contribution in [2.75, 3.05) is 0 Å². The van der Waals surface area contributed by atoms with Gasteiger partial charge in [-0.15, -0.1) is 0 Å². The molecule has 6 heteroatoms. The van der Waals surface area contributed by atoms with Gasteiger partial charge in [-0.1, -0.05) is 19.9 Å². The summed E-state index contributed by atoms with van der Waals surface area (Å²) in [6, 6.07) is 4.31. The molecule has 1 aromatic rings. The summed E-state index contributed by atoms with van der Waals surface area (Å²) < 4.78 is 41.1. The minimum absolute atomic E-state index is 0.0440. The van der Waals surface area contributed by atoms with Crippen LogP contribution in [0.4, 0.5) is 4.39 Å². The van der Waals surface area contributed by atoms with Crippen LogP contribution in [0.3, 0.4) is 0 Å². The molecule has 0 amide bonds. The normalized spacial score (nSPS) is 15.6. The maximum Gasteiger partial charge on any atom is 0.241 e. The van der Waals surface area contributed by atoms with Gasteiger partial charge in [-0.2, -0.15) is 0 Å². The Balaban J connectivity index is 2.24. The standard InChI is InChI=1S/C15H23FN2O2S/c1-3-13(4-2)18-21(19,20)15-9-12(16)6-5-11(15)10-17-14-7-8-14/h5-6,9,13-14,17-18H,3-4,7-8,10H2,1-2H3. The van der Waals surface area contributed by atoms with Gasteiger partial charge in [0.2, 0.25) is 10.0 Å². The van der Waals surface area contributed by atoms with Crippen LogP contribution in [0.15, 0.2) is 23.1 Å². The number of nitrogens with one attached hydrogen (secondary N) is 2. The van der Waals surface area contributed by atoms with Crippen LogP contribution < -0.4 is 10.0 Å². The number of hydrogen-bond donors (Lipinski definition) is 2. The molecule has 4 nitrogen and oxygen atoms in total. The van der Waals surface area contributed by atoms with Gasteiger partial charge in [0.1, 0.15) is 5.82 Å². The molecule has 0 radical (unpaired) electrons. The zero-order valence-corrected chi connectivity index (χ0v) is 13.3. The van der Waals surface area contributed by atoms with Crippen LogP contribution in [0, 0.1) is 5.82 Å². The summed E-state index contributed by atoms with van der Waals surface area (Å²) in [4.78, 5) is 0.0440. The summed E-state index contributed by atoms with van der Waals surface area (Å²) in [7, 11) is -3.69. The van der Waals surface area contributed by atoms with Crippen molar-refractivity contribution in [1.82, 2.24) is 10.0 Å². The molecule has 0 atom stereocenters. The topological polar surface area (TPSA) is 58.2 Å². The van der Waals surface area contributed by atoms with Crippen molar-refractivity contribution in [3.05, 3.63) is 29.6 Å². The van der Waals surface area contributed by atoms with Gasteiger partial charge in [0.05, 0.1) is 4.90 Å². The third kappa shape index (κ3) is 4.49. The SMILES string of the molecule is CCC(CC)NS(=O)(=O)c1cc(F)ccc1CNC1CC1. The first kappa shape index (κ1) is 16.4. The Labute approximate surface area is 126 Å². The van der Waals surface area contributed by atoms with Gasteiger partial charge in [0.25, 0.3) is 0 Å². The number of benzene rings is 1. The summed E-state index contributed by atoms with van der Waals surface area (Å²) >= 11 is 0.